The molecule has 27 heavy (non-hydrogen) atoms. The third kappa shape index (κ3) is 5.12. The van der Waals surface area contributed by atoms with Gasteiger partial charge in [0.05, 0.1) is 13.7 Å². The Morgan fingerprint density at radius 1 is 1.11 bits per heavy atom. The van der Waals surface area contributed by atoms with Crippen molar-refractivity contribution in [1.29, 1.82) is 0 Å². The Labute approximate surface area is 172 Å². The second-order valence-electron chi connectivity index (χ2n) is 6.06. The van der Waals surface area contributed by atoms with Crippen molar-refractivity contribution in [2.75, 3.05) is 51.3 Å². The van der Waals surface area contributed by atoms with Gasteiger partial charge in [-0.1, -0.05) is 46.9 Å². The minimum absolute atomic E-state index is 0.0770. The van der Waals surface area contributed by atoms with E-state index in [0.29, 0.717) is 37.2 Å². The monoisotopic (exact) mass is 431 g/mol. The lowest BCUT2D eigenvalue weighted by Crippen LogP contribution is -2.48. The summed E-state index contributed by atoms with van der Waals surface area (Å²) < 4.78 is 3.51. The van der Waals surface area contributed by atoms with Gasteiger partial charge in [0.2, 0.25) is 9.74 Å². The average molecular weight is 433 g/mol. The van der Waals surface area contributed by atoms with Crippen molar-refractivity contribution >= 4 is 40.8 Å². The summed E-state index contributed by atoms with van der Waals surface area (Å²) in [6.45, 7) is 3.80. The Morgan fingerprint density at radius 3 is 2.48 bits per heavy atom. The average Bonchev–Trinajstić information content (AvgIpc) is 2.68. The fourth-order valence-corrected chi connectivity index (χ4v) is 3.09. The van der Waals surface area contributed by atoms with Crippen molar-refractivity contribution in [3.05, 3.63) is 30.1 Å². The third-order valence-corrected chi connectivity index (χ3v) is 4.78. The largest absolute Gasteiger partial charge is 0.497 e. The van der Waals surface area contributed by atoms with E-state index in [2.05, 4.69) is 19.9 Å². The predicted octanol–water partition coefficient (Wildman–Crippen LogP) is 2.49. The van der Waals surface area contributed by atoms with Crippen LogP contribution < -0.4 is 9.64 Å². The van der Waals surface area contributed by atoms with E-state index in [0.717, 1.165) is 18.7 Å². The summed E-state index contributed by atoms with van der Waals surface area (Å²) in [7, 11) is 1.59. The lowest BCUT2D eigenvalue weighted by molar-refractivity contribution is 0.188. The van der Waals surface area contributed by atoms with Crippen LogP contribution in [0, 0.1) is 0 Å². The van der Waals surface area contributed by atoms with E-state index in [4.69, 9.17) is 44.6 Å². The number of methoxy groups -OCH3 is 1. The van der Waals surface area contributed by atoms with Gasteiger partial charge in [-0.15, -0.1) is 0 Å². The summed E-state index contributed by atoms with van der Waals surface area (Å²) in [5.74, 6) is 1.64. The van der Waals surface area contributed by atoms with Crippen molar-refractivity contribution < 1.29 is 9.84 Å². The first-order chi connectivity index (χ1) is 12.9. The minimum Gasteiger partial charge on any atom is -0.497 e. The quantitative estimate of drug-likeness (QED) is 0.728. The molecule has 0 saturated carbocycles. The van der Waals surface area contributed by atoms with Crippen LogP contribution in [-0.2, 0) is 3.79 Å². The second kappa shape index (κ2) is 8.75. The van der Waals surface area contributed by atoms with E-state index in [1.807, 2.05) is 29.2 Å². The highest BCUT2D eigenvalue weighted by Gasteiger charge is 2.30. The topological polar surface area (TPSA) is 74.6 Å². The van der Waals surface area contributed by atoms with Crippen LogP contribution in [0.25, 0.3) is 11.4 Å². The molecule has 2 aromatic rings. The maximum Gasteiger partial charge on any atom is 0.250 e. The SMILES string of the molecule is COc1cccc(-c2nc(N3CCN(CCO)CC3)nc(C(Cl)(Cl)Cl)n2)c1. The van der Waals surface area contributed by atoms with E-state index in [1.54, 1.807) is 7.11 Å². The van der Waals surface area contributed by atoms with Crippen LogP contribution in [0.2, 0.25) is 0 Å². The molecule has 2 heterocycles. The summed E-state index contributed by atoms with van der Waals surface area (Å²) in [6.07, 6.45) is 0. The highest BCUT2D eigenvalue weighted by atomic mass is 35.6. The van der Waals surface area contributed by atoms with Crippen molar-refractivity contribution in [3.63, 3.8) is 0 Å². The van der Waals surface area contributed by atoms with Gasteiger partial charge < -0.3 is 14.7 Å². The highest BCUT2D eigenvalue weighted by Crippen LogP contribution is 2.37. The molecule has 7 nitrogen and oxygen atoms in total. The molecule has 1 aromatic heterocycles. The molecule has 0 atom stereocenters. The van der Waals surface area contributed by atoms with Crippen LogP contribution in [0.1, 0.15) is 5.82 Å². The van der Waals surface area contributed by atoms with Crippen LogP contribution in [0.4, 0.5) is 5.95 Å². The van der Waals surface area contributed by atoms with Crippen molar-refractivity contribution in [3.8, 4) is 17.1 Å². The molecule has 0 spiro atoms. The van der Waals surface area contributed by atoms with Gasteiger partial charge in [-0.3, -0.25) is 4.90 Å². The Morgan fingerprint density at radius 2 is 1.85 bits per heavy atom. The number of piperazine rings is 1. The fraction of sp³-hybridized carbons (Fsp3) is 0.471. The molecule has 10 heteroatoms. The van der Waals surface area contributed by atoms with E-state index in [1.165, 1.54) is 0 Å². The number of halogens is 3. The molecule has 0 amide bonds. The molecule has 1 aliphatic heterocycles. The van der Waals surface area contributed by atoms with Crippen LogP contribution >= 0.6 is 34.8 Å². The lowest BCUT2D eigenvalue weighted by Gasteiger charge is -2.34. The van der Waals surface area contributed by atoms with Gasteiger partial charge in [0.1, 0.15) is 5.75 Å². The molecule has 0 radical (unpaired) electrons. The van der Waals surface area contributed by atoms with Crippen LogP contribution in [0.3, 0.4) is 0 Å². The molecule has 0 bridgehead atoms. The zero-order valence-corrected chi connectivity index (χ0v) is 17.0. The maximum atomic E-state index is 9.09. The van der Waals surface area contributed by atoms with Crippen LogP contribution in [0.5, 0.6) is 5.75 Å². The van der Waals surface area contributed by atoms with Crippen LogP contribution in [0.15, 0.2) is 24.3 Å². The van der Waals surface area contributed by atoms with Gasteiger partial charge in [-0.2, -0.15) is 9.97 Å². The van der Waals surface area contributed by atoms with E-state index in [-0.39, 0.29) is 12.4 Å². The summed E-state index contributed by atoms with van der Waals surface area (Å²) in [5, 5.41) is 9.09. The van der Waals surface area contributed by atoms with Crippen molar-refractivity contribution in [2.45, 2.75) is 3.79 Å². The summed E-state index contributed by atoms with van der Waals surface area (Å²) in [6, 6.07) is 7.37. The molecular weight excluding hydrogens is 413 g/mol. The Kier molecular flexibility index (Phi) is 6.60. The number of aliphatic hydroxyl groups excluding tert-OH is 1. The summed E-state index contributed by atoms with van der Waals surface area (Å²) in [5.41, 5.74) is 0.743. The number of hydrogen-bond acceptors (Lipinski definition) is 7. The van der Waals surface area contributed by atoms with Gasteiger partial charge in [0.25, 0.3) is 0 Å². The first kappa shape index (κ1) is 20.4. The maximum absolute atomic E-state index is 9.09. The van der Waals surface area contributed by atoms with Crippen molar-refractivity contribution in [1.82, 2.24) is 19.9 Å². The van der Waals surface area contributed by atoms with Crippen molar-refractivity contribution in [2.24, 2.45) is 0 Å². The number of aliphatic hydroxyl groups is 1. The number of rotatable bonds is 5. The standard InChI is InChI=1S/C17H20Cl3N5O2/c1-27-13-4-2-3-12(11-13)14-21-15(17(18,19)20)23-16(22-14)25-7-5-24(6-8-25)9-10-26/h2-4,11,26H,5-10H2,1H3. The molecule has 1 aliphatic rings. The highest BCUT2D eigenvalue weighted by molar-refractivity contribution is 6.66. The molecular formula is C17H20Cl3N5O2. The molecule has 1 saturated heterocycles. The van der Waals surface area contributed by atoms with Gasteiger partial charge in [0, 0.05) is 38.3 Å². The Bertz CT molecular complexity index is 779. The molecule has 146 valence electrons. The number of aromatic nitrogens is 3. The molecule has 3 rings (SSSR count). The molecule has 1 N–H and O–H groups in total. The second-order valence-corrected chi connectivity index (χ2v) is 8.35. The molecule has 0 unspecified atom stereocenters. The zero-order valence-electron chi connectivity index (χ0n) is 14.8. The van der Waals surface area contributed by atoms with E-state index < -0.39 is 3.79 Å². The molecule has 0 aliphatic carbocycles. The Balaban J connectivity index is 1.94. The van der Waals surface area contributed by atoms with Gasteiger partial charge in [-0.25, -0.2) is 4.98 Å². The van der Waals surface area contributed by atoms with Crippen LogP contribution in [-0.4, -0.2) is 71.4 Å². The van der Waals surface area contributed by atoms with Gasteiger partial charge in [0.15, 0.2) is 11.6 Å². The summed E-state index contributed by atoms with van der Waals surface area (Å²) >= 11 is 18.2. The predicted molar refractivity (Wildman–Crippen MR) is 107 cm³/mol. The molecule has 1 aromatic carbocycles. The zero-order chi connectivity index (χ0) is 19.4. The van der Waals surface area contributed by atoms with E-state index in [9.17, 15) is 0 Å². The van der Waals surface area contributed by atoms with E-state index >= 15 is 0 Å². The Hall–Kier alpha value is -1.38. The van der Waals surface area contributed by atoms with Gasteiger partial charge in [-0.05, 0) is 12.1 Å². The smallest absolute Gasteiger partial charge is 0.250 e. The number of benzene rings is 1. The minimum atomic E-state index is -1.76. The first-order valence-electron chi connectivity index (χ1n) is 8.46. The normalized spacial score (nSPS) is 15.8. The lowest BCUT2D eigenvalue weighted by atomic mass is 10.2. The number of hydrogen-bond donors (Lipinski definition) is 1. The number of ether oxygens (including phenoxy) is 1. The van der Waals surface area contributed by atoms with Gasteiger partial charge >= 0.3 is 0 Å². The summed E-state index contributed by atoms with van der Waals surface area (Å²) in [4.78, 5) is 17.5. The number of anilines is 1. The number of alkyl halides is 3. The first-order valence-corrected chi connectivity index (χ1v) is 9.60. The number of β-amino-alcohol motifs (C(OH)–C–C–N with tert-alkyl or cyclic N) is 1. The number of nitrogens with zero attached hydrogens (tertiary/aromatic N) is 5. The fourth-order valence-electron chi connectivity index (χ4n) is 2.84. The third-order valence-electron chi connectivity index (χ3n) is 4.28. The molecule has 1 fully saturated rings.